The van der Waals surface area contributed by atoms with Crippen molar-refractivity contribution in [1.82, 2.24) is 5.32 Å². The number of hydrogen-bond donors (Lipinski definition) is 3. The van der Waals surface area contributed by atoms with Crippen LogP contribution in [0.5, 0.6) is 0 Å². The van der Waals surface area contributed by atoms with Crippen molar-refractivity contribution in [2.45, 2.75) is 37.6 Å². The van der Waals surface area contributed by atoms with Gasteiger partial charge in [-0.15, -0.1) is 0 Å². The van der Waals surface area contributed by atoms with Crippen LogP contribution in [-0.2, 0) is 28.9 Å². The SMILES string of the molecule is CO[C@@H]1O[C@H](COS(=O)(=O)[O-])[C@@H](O)[C@H](O)[C@H]1NC(C)=O.[Na+]. The van der Waals surface area contributed by atoms with Crippen molar-refractivity contribution in [2.75, 3.05) is 13.7 Å². The largest absolute Gasteiger partial charge is 1.00 e. The van der Waals surface area contributed by atoms with E-state index < -0.39 is 53.6 Å². The minimum absolute atomic E-state index is 0. The molecule has 3 N–H and O–H groups in total. The minimum Gasteiger partial charge on any atom is -0.726 e. The average Bonchev–Trinajstić information content (AvgIpc) is 2.32. The molecule has 5 atom stereocenters. The summed E-state index contributed by atoms with van der Waals surface area (Å²) in [5.41, 5.74) is 0. The Morgan fingerprint density at radius 1 is 1.38 bits per heavy atom. The van der Waals surface area contributed by atoms with Crippen LogP contribution in [0.3, 0.4) is 0 Å². The van der Waals surface area contributed by atoms with Gasteiger partial charge >= 0.3 is 29.6 Å². The van der Waals surface area contributed by atoms with Crippen molar-refractivity contribution in [2.24, 2.45) is 0 Å². The quantitative estimate of drug-likeness (QED) is 0.253. The van der Waals surface area contributed by atoms with Crippen molar-refractivity contribution in [1.29, 1.82) is 0 Å². The van der Waals surface area contributed by atoms with Crippen LogP contribution in [0.25, 0.3) is 0 Å². The molecule has 0 radical (unpaired) electrons. The summed E-state index contributed by atoms with van der Waals surface area (Å²) in [6, 6.07) is -1.05. The summed E-state index contributed by atoms with van der Waals surface area (Å²) in [4.78, 5) is 11.0. The fraction of sp³-hybridized carbons (Fsp3) is 0.889. The number of methoxy groups -OCH3 is 1. The zero-order chi connectivity index (χ0) is 15.5. The number of carbonyl (C=O) groups excluding carboxylic acids is 1. The van der Waals surface area contributed by atoms with Gasteiger partial charge in [0.25, 0.3) is 0 Å². The molecule has 1 heterocycles. The first-order chi connectivity index (χ1) is 9.15. The van der Waals surface area contributed by atoms with E-state index in [1.807, 2.05) is 0 Å². The van der Waals surface area contributed by atoms with Gasteiger partial charge in [-0.1, -0.05) is 0 Å². The summed E-state index contributed by atoms with van der Waals surface area (Å²) in [5.74, 6) is -0.483. The average molecular weight is 337 g/mol. The van der Waals surface area contributed by atoms with Crippen molar-refractivity contribution < 1.29 is 71.2 Å². The number of aliphatic hydroxyl groups is 2. The van der Waals surface area contributed by atoms with E-state index in [4.69, 9.17) is 9.47 Å². The van der Waals surface area contributed by atoms with E-state index in [1.54, 1.807) is 0 Å². The van der Waals surface area contributed by atoms with Crippen LogP contribution in [0.15, 0.2) is 0 Å². The van der Waals surface area contributed by atoms with E-state index in [9.17, 15) is 28.0 Å². The van der Waals surface area contributed by atoms with Crippen LogP contribution in [0, 0.1) is 0 Å². The Hall–Kier alpha value is 0.180. The van der Waals surface area contributed by atoms with Crippen molar-refractivity contribution in [3.63, 3.8) is 0 Å². The fourth-order valence-corrected chi connectivity index (χ4v) is 2.11. The molecule has 0 aliphatic carbocycles. The van der Waals surface area contributed by atoms with Gasteiger partial charge in [0.15, 0.2) is 6.29 Å². The van der Waals surface area contributed by atoms with Crippen LogP contribution in [0.1, 0.15) is 6.92 Å². The molecule has 1 aliphatic rings. The summed E-state index contributed by atoms with van der Waals surface area (Å²) < 4.78 is 45.1. The summed E-state index contributed by atoms with van der Waals surface area (Å²) in [6.45, 7) is 0.418. The number of amides is 1. The smallest absolute Gasteiger partial charge is 0.726 e. The zero-order valence-electron chi connectivity index (χ0n) is 11.8. The minimum atomic E-state index is -4.95. The summed E-state index contributed by atoms with van der Waals surface area (Å²) in [7, 11) is -3.73. The second-order valence-electron chi connectivity index (χ2n) is 4.18. The first-order valence-electron chi connectivity index (χ1n) is 5.57. The normalized spacial score (nSPS) is 33.1. The Balaban J connectivity index is 0.00000400. The number of rotatable bonds is 5. The van der Waals surface area contributed by atoms with Crippen molar-refractivity contribution in [3.05, 3.63) is 0 Å². The molecule has 1 amide bonds. The van der Waals surface area contributed by atoms with Crippen molar-refractivity contribution >= 4 is 16.3 Å². The third-order valence-corrected chi connectivity index (χ3v) is 3.10. The second-order valence-corrected chi connectivity index (χ2v) is 5.23. The maximum absolute atomic E-state index is 11.0. The monoisotopic (exact) mass is 337 g/mol. The van der Waals surface area contributed by atoms with Gasteiger partial charge in [-0.05, 0) is 0 Å². The van der Waals surface area contributed by atoms with Gasteiger partial charge in [0.1, 0.15) is 24.4 Å². The molecule has 0 bridgehead atoms. The second kappa shape index (κ2) is 8.72. The Morgan fingerprint density at radius 2 is 1.95 bits per heavy atom. The molecule has 0 spiro atoms. The van der Waals surface area contributed by atoms with Gasteiger partial charge < -0.3 is 29.6 Å². The van der Waals surface area contributed by atoms with Crippen LogP contribution >= 0.6 is 0 Å². The van der Waals surface area contributed by atoms with E-state index >= 15 is 0 Å². The molecule has 21 heavy (non-hydrogen) atoms. The molecule has 1 fully saturated rings. The first kappa shape index (κ1) is 21.2. The molecule has 12 heteroatoms. The summed E-state index contributed by atoms with van der Waals surface area (Å²) >= 11 is 0. The molecule has 0 unspecified atom stereocenters. The van der Waals surface area contributed by atoms with E-state index in [-0.39, 0.29) is 29.6 Å². The molecule has 0 aromatic heterocycles. The maximum Gasteiger partial charge on any atom is 1.00 e. The van der Waals surface area contributed by atoms with Crippen LogP contribution in [0.4, 0.5) is 0 Å². The third kappa shape index (κ3) is 6.44. The molecule has 1 rings (SSSR count). The van der Waals surface area contributed by atoms with E-state index in [2.05, 4.69) is 9.50 Å². The first-order valence-corrected chi connectivity index (χ1v) is 6.90. The standard InChI is InChI=1S/C9H17NO9S.Na/c1-4(11)10-6-8(13)7(12)5(19-9(6)17-2)3-18-20(14,15)16;/h5-9,12-13H,3H2,1-2H3,(H,10,11)(H,14,15,16);/q;+1/p-1/t5-,6-,7-,8-,9-;/m1./s1. The number of hydrogen-bond acceptors (Lipinski definition) is 9. The van der Waals surface area contributed by atoms with E-state index in [1.165, 1.54) is 14.0 Å². The Bertz CT molecular complexity index is 442. The molecule has 0 aromatic carbocycles. The molecular weight excluding hydrogens is 321 g/mol. The third-order valence-electron chi connectivity index (χ3n) is 2.68. The molecule has 10 nitrogen and oxygen atoms in total. The fourth-order valence-electron chi connectivity index (χ4n) is 1.81. The maximum atomic E-state index is 11.0. The number of ether oxygens (including phenoxy) is 2. The van der Waals surface area contributed by atoms with Crippen LogP contribution in [0.2, 0.25) is 0 Å². The molecule has 1 aliphatic heterocycles. The van der Waals surface area contributed by atoms with Gasteiger partial charge in [-0.25, -0.2) is 8.42 Å². The predicted octanol–water partition coefficient (Wildman–Crippen LogP) is -5.93. The van der Waals surface area contributed by atoms with E-state index in [0.717, 1.165) is 0 Å². The predicted molar refractivity (Wildman–Crippen MR) is 60.9 cm³/mol. The van der Waals surface area contributed by atoms with Gasteiger partial charge in [0.2, 0.25) is 16.3 Å². The Morgan fingerprint density at radius 3 is 2.38 bits per heavy atom. The zero-order valence-corrected chi connectivity index (χ0v) is 14.6. The van der Waals surface area contributed by atoms with Gasteiger partial charge in [0.05, 0.1) is 6.61 Å². The Labute approximate surface area is 144 Å². The van der Waals surface area contributed by atoms with Gasteiger partial charge in [-0.3, -0.25) is 8.98 Å². The Kier molecular flexibility index (Phi) is 8.79. The van der Waals surface area contributed by atoms with Gasteiger partial charge in [0, 0.05) is 14.0 Å². The summed E-state index contributed by atoms with van der Waals surface area (Å²) in [6.07, 6.45) is -5.50. The molecule has 0 aromatic rings. The topological polar surface area (TPSA) is 154 Å². The number of nitrogens with one attached hydrogen (secondary N) is 1. The van der Waals surface area contributed by atoms with Gasteiger partial charge in [-0.2, -0.15) is 0 Å². The molecular formula is C9H16NNaO9S. The number of carbonyl (C=O) groups is 1. The molecule has 118 valence electrons. The van der Waals surface area contributed by atoms with Crippen LogP contribution in [-0.4, -0.2) is 73.5 Å². The molecule has 0 saturated carbocycles. The van der Waals surface area contributed by atoms with Crippen molar-refractivity contribution in [3.8, 4) is 0 Å². The van der Waals surface area contributed by atoms with Crippen LogP contribution < -0.4 is 34.9 Å². The summed E-state index contributed by atoms with van der Waals surface area (Å²) in [5, 5.41) is 22.0. The van der Waals surface area contributed by atoms with E-state index in [0.29, 0.717) is 0 Å². The number of aliphatic hydroxyl groups excluding tert-OH is 2. The molecule has 1 saturated heterocycles.